The van der Waals surface area contributed by atoms with Crippen molar-refractivity contribution in [1.29, 1.82) is 0 Å². The van der Waals surface area contributed by atoms with Crippen LogP contribution >= 0.6 is 0 Å². The molecule has 110 valence electrons. The van der Waals surface area contributed by atoms with Gasteiger partial charge in [0.2, 0.25) is 6.33 Å². The van der Waals surface area contributed by atoms with Crippen LogP contribution in [-0.4, -0.2) is 4.57 Å². The Morgan fingerprint density at radius 1 is 0.800 bits per heavy atom. The first kappa shape index (κ1) is 16.4. The molecule has 2 rings (SSSR count). The third-order valence-electron chi connectivity index (χ3n) is 4.54. The predicted octanol–water partition coefficient (Wildman–Crippen LogP) is 2.21. The fourth-order valence-electron chi connectivity index (χ4n) is 2.26. The quantitative estimate of drug-likeness (QED) is 0.654. The second kappa shape index (κ2) is 6.21. The minimum absolute atomic E-state index is 1.33. The molecule has 0 N–H and O–H groups in total. The molecule has 0 atom stereocenters. The zero-order valence-electron chi connectivity index (χ0n) is 14.5. The molecular weight excluding hydrogens is 246 g/mol. The minimum Gasteiger partial charge on any atom is -0.237 e. The van der Waals surface area contributed by atoms with Gasteiger partial charge in [0.1, 0.15) is 18.4 Å². The van der Waals surface area contributed by atoms with Gasteiger partial charge in [-0.3, -0.25) is 0 Å². The summed E-state index contributed by atoms with van der Waals surface area (Å²) in [5.74, 6) is 0. The molecule has 0 saturated heterocycles. The topological polar surface area (TPSA) is 12.7 Å². The van der Waals surface area contributed by atoms with Crippen molar-refractivity contribution in [2.75, 3.05) is 0 Å². The third kappa shape index (κ3) is 3.27. The van der Waals surface area contributed by atoms with Crippen LogP contribution in [0.3, 0.4) is 0 Å². The molecule has 0 aliphatic carbocycles. The lowest BCUT2D eigenvalue weighted by atomic mass is 10.1. The van der Waals surface area contributed by atoms with Crippen molar-refractivity contribution in [1.82, 2.24) is 4.57 Å². The largest absolute Gasteiger partial charge is 0.243 e. The zero-order valence-corrected chi connectivity index (χ0v) is 14.5. The SMILES string of the molecule is Cc1c(C)[n+](C)cn1C.Cc1c[n+](C)c(C)c(C)c1C. The molecule has 0 fully saturated rings. The monoisotopic (exact) mass is 275 g/mol. The van der Waals surface area contributed by atoms with Crippen molar-refractivity contribution < 1.29 is 9.13 Å². The van der Waals surface area contributed by atoms with Crippen molar-refractivity contribution in [2.45, 2.75) is 41.5 Å². The van der Waals surface area contributed by atoms with Crippen molar-refractivity contribution in [2.24, 2.45) is 21.1 Å². The smallest absolute Gasteiger partial charge is 0.237 e. The Morgan fingerprint density at radius 3 is 1.70 bits per heavy atom. The molecule has 2 aromatic rings. The maximum Gasteiger partial charge on any atom is 0.243 e. The number of aromatic nitrogens is 3. The van der Waals surface area contributed by atoms with Gasteiger partial charge in [0.05, 0.1) is 14.1 Å². The molecule has 2 aromatic heterocycles. The highest BCUT2D eigenvalue weighted by Crippen LogP contribution is 2.11. The lowest BCUT2D eigenvalue weighted by Crippen LogP contribution is -2.33. The van der Waals surface area contributed by atoms with E-state index in [0.717, 1.165) is 0 Å². The summed E-state index contributed by atoms with van der Waals surface area (Å²) >= 11 is 0. The highest BCUT2D eigenvalue weighted by molar-refractivity contribution is 5.29. The van der Waals surface area contributed by atoms with E-state index in [1.807, 2.05) is 0 Å². The number of hydrogen-bond acceptors (Lipinski definition) is 0. The van der Waals surface area contributed by atoms with Gasteiger partial charge in [-0.25, -0.2) is 13.7 Å². The summed E-state index contributed by atoms with van der Waals surface area (Å²) in [6.45, 7) is 12.9. The maximum atomic E-state index is 2.18. The van der Waals surface area contributed by atoms with Gasteiger partial charge in [0.15, 0.2) is 11.9 Å². The molecule has 0 radical (unpaired) electrons. The van der Waals surface area contributed by atoms with E-state index in [0.29, 0.717) is 0 Å². The first-order valence-electron chi connectivity index (χ1n) is 7.08. The van der Waals surface area contributed by atoms with Gasteiger partial charge in [0.25, 0.3) is 0 Å². The van der Waals surface area contributed by atoms with Gasteiger partial charge >= 0.3 is 0 Å². The van der Waals surface area contributed by atoms with E-state index in [4.69, 9.17) is 0 Å². The summed E-state index contributed by atoms with van der Waals surface area (Å²) in [7, 11) is 6.21. The highest BCUT2D eigenvalue weighted by atomic mass is 15.1. The number of hydrogen-bond donors (Lipinski definition) is 0. The van der Waals surface area contributed by atoms with E-state index in [1.165, 1.54) is 33.8 Å². The highest BCUT2D eigenvalue weighted by Gasteiger charge is 2.09. The molecule has 0 aromatic carbocycles. The van der Waals surface area contributed by atoms with E-state index in [9.17, 15) is 0 Å². The average molecular weight is 275 g/mol. The summed E-state index contributed by atoms with van der Waals surface area (Å²) in [5, 5.41) is 0. The Kier molecular flexibility index (Phi) is 5.09. The summed E-state index contributed by atoms with van der Waals surface area (Å²) in [5.41, 5.74) is 8.21. The maximum absolute atomic E-state index is 2.18. The van der Waals surface area contributed by atoms with Crippen molar-refractivity contribution in [3.63, 3.8) is 0 Å². The Bertz CT molecular complexity index is 573. The molecule has 0 aliphatic heterocycles. The number of imidazole rings is 1. The van der Waals surface area contributed by atoms with Crippen LogP contribution in [0.5, 0.6) is 0 Å². The molecule has 0 spiro atoms. The van der Waals surface area contributed by atoms with Crippen molar-refractivity contribution >= 4 is 0 Å². The zero-order chi connectivity index (χ0) is 15.6. The fraction of sp³-hybridized carbons (Fsp3) is 0.529. The molecule has 2 heterocycles. The molecule has 0 unspecified atom stereocenters. The van der Waals surface area contributed by atoms with Crippen LogP contribution in [0.2, 0.25) is 0 Å². The molecule has 0 bridgehead atoms. The second-order valence-corrected chi connectivity index (χ2v) is 5.77. The van der Waals surface area contributed by atoms with E-state index >= 15 is 0 Å². The summed E-state index contributed by atoms with van der Waals surface area (Å²) in [6.07, 6.45) is 4.25. The molecule has 0 amide bonds. The second-order valence-electron chi connectivity index (χ2n) is 5.77. The van der Waals surface area contributed by atoms with E-state index in [-0.39, 0.29) is 0 Å². The van der Waals surface area contributed by atoms with Gasteiger partial charge in [-0.05, 0) is 26.3 Å². The van der Waals surface area contributed by atoms with Crippen LogP contribution in [0.4, 0.5) is 0 Å². The van der Waals surface area contributed by atoms with Crippen LogP contribution in [0.25, 0.3) is 0 Å². The molecule has 0 aliphatic rings. The Labute approximate surface area is 123 Å². The Balaban J connectivity index is 0.000000204. The fourth-order valence-corrected chi connectivity index (χ4v) is 2.26. The van der Waals surface area contributed by atoms with E-state index in [1.54, 1.807) is 0 Å². The lowest BCUT2D eigenvalue weighted by molar-refractivity contribution is -0.678. The van der Waals surface area contributed by atoms with Gasteiger partial charge in [-0.2, -0.15) is 0 Å². The van der Waals surface area contributed by atoms with Crippen LogP contribution in [-0.2, 0) is 21.1 Å². The lowest BCUT2D eigenvalue weighted by Gasteiger charge is -2.04. The standard InChI is InChI=1S/C10H16N.C7H13N2/c1-7-6-11(5)10(4)9(3)8(7)2;1-6-7(2)9(4)5-8(6)3/h6H,1-5H3;5H,1-4H3/q2*+1. The number of nitrogens with zero attached hydrogens (tertiary/aromatic N) is 3. The van der Waals surface area contributed by atoms with Gasteiger partial charge in [-0.1, -0.05) is 0 Å². The minimum atomic E-state index is 1.33. The van der Waals surface area contributed by atoms with Crippen molar-refractivity contribution in [3.8, 4) is 0 Å². The molecule has 20 heavy (non-hydrogen) atoms. The van der Waals surface area contributed by atoms with Crippen LogP contribution < -0.4 is 9.13 Å². The molecule has 0 saturated carbocycles. The van der Waals surface area contributed by atoms with Crippen LogP contribution in [0, 0.1) is 41.5 Å². The summed E-state index contributed by atoms with van der Waals surface area (Å²) in [6, 6.07) is 0. The van der Waals surface area contributed by atoms with Gasteiger partial charge in [-0.15, -0.1) is 0 Å². The first-order valence-corrected chi connectivity index (χ1v) is 7.08. The predicted molar refractivity (Wildman–Crippen MR) is 82.6 cm³/mol. The molecular formula is C17H29N3+2. The third-order valence-corrected chi connectivity index (χ3v) is 4.54. The first-order chi connectivity index (χ1) is 9.16. The number of pyridine rings is 1. The Hall–Kier alpha value is -1.64. The summed E-state index contributed by atoms with van der Waals surface area (Å²) in [4.78, 5) is 0. The average Bonchev–Trinajstić information content (AvgIpc) is 2.62. The van der Waals surface area contributed by atoms with E-state index < -0.39 is 0 Å². The summed E-state index contributed by atoms with van der Waals surface area (Å²) < 4.78 is 6.42. The number of rotatable bonds is 0. The molecule has 3 heteroatoms. The number of aryl methyl sites for hydroxylation is 4. The van der Waals surface area contributed by atoms with Crippen LogP contribution in [0.1, 0.15) is 33.8 Å². The van der Waals surface area contributed by atoms with Crippen molar-refractivity contribution in [3.05, 3.63) is 46.3 Å². The van der Waals surface area contributed by atoms with Gasteiger partial charge < -0.3 is 0 Å². The van der Waals surface area contributed by atoms with Crippen LogP contribution in [0.15, 0.2) is 12.5 Å². The Morgan fingerprint density at radius 2 is 1.35 bits per heavy atom. The normalized spacial score (nSPS) is 10.2. The van der Waals surface area contributed by atoms with Gasteiger partial charge in [0, 0.05) is 31.9 Å². The molecule has 3 nitrogen and oxygen atoms in total. The van der Waals surface area contributed by atoms with E-state index in [2.05, 4.69) is 88.9 Å².